The highest BCUT2D eigenvalue weighted by Crippen LogP contribution is 2.35. The smallest absolute Gasteiger partial charge is 0.346 e. The van der Waals surface area contributed by atoms with Crippen molar-refractivity contribution < 1.29 is 153 Å². The molecule has 142 heavy (non-hydrogen) atoms. The first kappa shape index (κ1) is 123. The number of hydrogen-bond donors (Lipinski definition) is 7. The van der Waals surface area contributed by atoms with Crippen LogP contribution in [0.4, 0.5) is 5.95 Å². The van der Waals surface area contributed by atoms with E-state index in [0.29, 0.717) is 170 Å². The molecule has 5 aromatic carbocycles. The lowest BCUT2D eigenvalue weighted by atomic mass is 9.90. The molecule has 8 N–H and O–H groups in total. The van der Waals surface area contributed by atoms with E-state index in [1.807, 2.05) is 58.3 Å². The summed E-state index contributed by atoms with van der Waals surface area (Å²) in [7, 11) is 0. The van der Waals surface area contributed by atoms with Crippen molar-refractivity contribution in [2.75, 3.05) is 196 Å². The van der Waals surface area contributed by atoms with Gasteiger partial charge in [0, 0.05) is 91.7 Å². The van der Waals surface area contributed by atoms with Crippen LogP contribution in [0.25, 0.3) is 23.4 Å². The fraction of sp³-hybridized carbons (Fsp3) is 0.459. The van der Waals surface area contributed by atoms with Gasteiger partial charge in [0.15, 0.2) is 36.3 Å². The molecule has 2 unspecified atom stereocenters. The van der Waals surface area contributed by atoms with Crippen LogP contribution in [0.1, 0.15) is 175 Å². The van der Waals surface area contributed by atoms with Crippen molar-refractivity contribution in [3.05, 3.63) is 198 Å². The lowest BCUT2D eigenvalue weighted by molar-refractivity contribution is -0.155. The van der Waals surface area contributed by atoms with Crippen LogP contribution in [-0.4, -0.2) is 311 Å². The minimum absolute atomic E-state index is 0. The number of anilines is 1. The van der Waals surface area contributed by atoms with Gasteiger partial charge in [-0.05, 0) is 121 Å². The molecule has 0 bridgehead atoms. The van der Waals surface area contributed by atoms with E-state index in [-0.39, 0.29) is 120 Å². The number of carbonyl (C=O) groups excluding carboxylic acids is 12. The van der Waals surface area contributed by atoms with Gasteiger partial charge in [0.05, 0.1) is 157 Å². The number of guanidine groups is 2. The third-order valence-electron chi connectivity index (χ3n) is 18.8. The Hall–Kier alpha value is -13.5. The molecule has 0 spiro atoms. The Morgan fingerprint density at radius 1 is 0.479 bits per heavy atom. The Kier molecular flexibility index (Phi) is 62.1. The SMILES string of the molecule is CC#N.CCO.CCOC(=O)C(=Cc1cccc(C2OCCO2)c1)C(=O)OCC.CCOC(=O)C(=Cc1cccc(C=O)c1)C(=O)OCC.CCOC(=O)C1C(=O)NC(N2CCOCC2)=NC1c1cccc(C2OCCO2)c1.CCOC(=O)CC(=O)OCC.CCOC(=O)c1c(-c2cccc(C3OCCO3)c2)nc(N2CCOCC2)[nH]c1=O.Cl.N=C(N)N1CCOCC1.O=Cc1cccc(C=O)c1.OCCO. The third-order valence-corrected chi connectivity index (χ3v) is 18.8. The minimum atomic E-state index is -1.06. The summed E-state index contributed by atoms with van der Waals surface area (Å²) >= 11 is 0. The van der Waals surface area contributed by atoms with Crippen LogP contribution in [-0.2, 0) is 119 Å². The van der Waals surface area contributed by atoms with Gasteiger partial charge in [-0.3, -0.25) is 54.1 Å². The van der Waals surface area contributed by atoms with E-state index in [1.54, 1.807) is 146 Å². The number of nitrogens with two attached hydrogens (primary N) is 1. The van der Waals surface area contributed by atoms with E-state index in [1.165, 1.54) is 19.1 Å². The molecule has 0 aliphatic carbocycles. The van der Waals surface area contributed by atoms with Crippen molar-refractivity contribution in [1.82, 2.24) is 25.1 Å². The second kappa shape index (κ2) is 71.9. The molecular weight excluding hydrogens is 1880 g/mol. The first-order valence-electron chi connectivity index (χ1n) is 45.5. The number of esters is 8. The standard InChI is InChI=1S/C20H25N3O6.C20H23N3O6.C17H20O6.C15H16O5.C8H6O2.C7H12O4.C5H11N3O.C2H3N.C2H6O2.C2H6O.ClH/c2*1-2-27-18(25)15-16(13-4-3-5-14(12-13)19-28-10-11-29-19)21-20(22-17(15)24)23-6-8-26-9-7-23;1-3-20-15(18)14(16(19)21-4-2)11-12-6-5-7-13(10-12)17-22-8-9-23-17;1-3-19-14(17)13(15(18)20-4-2)9-11-6-5-7-12(8-11)10-16;9-5-7-2-1-3-8(4-7)6-10;1-3-10-6(8)5-7(9)11-4-2;6-5(7)8-1-3-9-4-2-8;1-2-3;3-1-2-4;1-2-3;/h3-5,12,15-16,19H,2,6-11H2,1H3,(H,21,22,24);3-5,12,19H,2,6-11H2,1H3,(H,21,22,24);5-7,10-11,17H,3-4,8-9H2,1-2H3;5-10H,3-4H2,1-2H3;1-6H;3-5H2,1-2H3;1-4H2,(H3,6,7);1H3;3-4H,1-2H2;3H,2H2,1H3;1H. The van der Waals surface area contributed by atoms with Crippen LogP contribution in [0.3, 0.4) is 0 Å². The Balaban J connectivity index is 0.000000433. The lowest BCUT2D eigenvalue weighted by Crippen LogP contribution is -2.55. The number of nitrogens with one attached hydrogen (secondary N) is 3. The van der Waals surface area contributed by atoms with Gasteiger partial charge in [-0.2, -0.15) is 5.26 Å². The Morgan fingerprint density at radius 2 is 0.831 bits per heavy atom. The zero-order valence-corrected chi connectivity index (χ0v) is 82.1. The molecule has 6 fully saturated rings. The molecule has 8 heterocycles. The summed E-state index contributed by atoms with van der Waals surface area (Å²) in [6, 6.07) is 36.1. The zero-order chi connectivity index (χ0) is 104. The topological polar surface area (TPSA) is 576 Å². The Morgan fingerprint density at radius 3 is 1.23 bits per heavy atom. The minimum Gasteiger partial charge on any atom is -0.466 e. The number of rotatable bonds is 28. The molecule has 13 rings (SSSR count). The molecule has 1 aromatic heterocycles. The number of nitrogens with zero attached hydrogens (tertiary/aromatic N) is 6. The average molecular weight is 2010 g/mol. The fourth-order valence-corrected chi connectivity index (χ4v) is 12.7. The van der Waals surface area contributed by atoms with Crippen molar-refractivity contribution in [3.63, 3.8) is 0 Å². The van der Waals surface area contributed by atoms with E-state index in [4.69, 9.17) is 108 Å². The maximum atomic E-state index is 12.9. The summed E-state index contributed by atoms with van der Waals surface area (Å²) in [5.74, 6) is -5.72. The molecule has 6 aromatic rings. The van der Waals surface area contributed by atoms with Crippen LogP contribution in [0, 0.1) is 22.7 Å². The second-order valence-corrected chi connectivity index (χ2v) is 28.8. The molecular formula is C98H129ClN10O33. The molecule has 0 radical (unpaired) electrons. The highest BCUT2D eigenvalue weighted by atomic mass is 35.5. The monoisotopic (exact) mass is 2010 g/mol. The maximum absolute atomic E-state index is 12.9. The number of aromatic nitrogens is 2. The summed E-state index contributed by atoms with van der Waals surface area (Å²) in [5.41, 5.74) is 11.0. The van der Waals surface area contributed by atoms with Crippen molar-refractivity contribution >= 4 is 115 Å². The van der Waals surface area contributed by atoms with Crippen LogP contribution in [0.15, 0.2) is 142 Å². The predicted octanol–water partition coefficient (Wildman–Crippen LogP) is 7.46. The van der Waals surface area contributed by atoms with Crippen LogP contribution in [0.2, 0.25) is 0 Å². The molecule has 44 heteroatoms. The predicted molar refractivity (Wildman–Crippen MR) is 516 cm³/mol. The van der Waals surface area contributed by atoms with Gasteiger partial charge < -0.3 is 116 Å². The summed E-state index contributed by atoms with van der Waals surface area (Å²) in [6.07, 6.45) is 3.29. The van der Waals surface area contributed by atoms with Gasteiger partial charge in [-0.15, -0.1) is 12.4 Å². The molecule has 0 saturated carbocycles. The number of carbonyl (C=O) groups is 12. The van der Waals surface area contributed by atoms with Crippen molar-refractivity contribution in [3.8, 4) is 17.3 Å². The number of ether oxygens (including phenoxy) is 17. The molecule has 776 valence electrons. The number of hydrogen-bond acceptors (Lipinski definition) is 39. The molecule has 6 saturated heterocycles. The van der Waals surface area contributed by atoms with Crippen molar-refractivity contribution in [2.45, 2.75) is 101 Å². The Labute approximate surface area is 829 Å². The van der Waals surface area contributed by atoms with Crippen LogP contribution in [0.5, 0.6) is 0 Å². The maximum Gasteiger partial charge on any atom is 0.346 e. The van der Waals surface area contributed by atoms with E-state index in [0.717, 1.165) is 35.3 Å². The van der Waals surface area contributed by atoms with E-state index in [9.17, 15) is 62.3 Å². The number of aliphatic hydroxyl groups excluding tert-OH is 3. The number of aromatic amines is 1. The summed E-state index contributed by atoms with van der Waals surface area (Å²) in [5, 5.41) is 40.0. The summed E-state index contributed by atoms with van der Waals surface area (Å²) in [6.45, 7) is 28.9. The molecule has 7 aliphatic heterocycles. The van der Waals surface area contributed by atoms with E-state index >= 15 is 0 Å². The number of amides is 1. The van der Waals surface area contributed by atoms with Crippen molar-refractivity contribution in [1.29, 1.82) is 10.7 Å². The van der Waals surface area contributed by atoms with Crippen molar-refractivity contribution in [2.24, 2.45) is 16.6 Å². The first-order valence-corrected chi connectivity index (χ1v) is 45.5. The Bertz CT molecular complexity index is 5030. The zero-order valence-electron chi connectivity index (χ0n) is 81.3. The second-order valence-electron chi connectivity index (χ2n) is 28.8. The van der Waals surface area contributed by atoms with E-state index < -0.39 is 90.1 Å². The quantitative estimate of drug-likeness (QED) is 0.00366. The largest absolute Gasteiger partial charge is 0.466 e. The molecule has 1 amide bonds. The third kappa shape index (κ3) is 44.1. The summed E-state index contributed by atoms with van der Waals surface area (Å²) < 4.78 is 87.8. The van der Waals surface area contributed by atoms with Gasteiger partial charge in [0.1, 0.15) is 42.5 Å². The van der Waals surface area contributed by atoms with Gasteiger partial charge in [-0.1, -0.05) is 91.0 Å². The first-order chi connectivity index (χ1) is 68.2. The van der Waals surface area contributed by atoms with E-state index in [2.05, 4.69) is 24.8 Å². The van der Waals surface area contributed by atoms with Crippen LogP contribution >= 0.6 is 12.4 Å². The highest BCUT2D eigenvalue weighted by molar-refractivity contribution is 6.18. The fourth-order valence-electron chi connectivity index (χ4n) is 12.7. The number of nitriles is 1. The number of H-pyrrole nitrogens is 1. The summed E-state index contributed by atoms with van der Waals surface area (Å²) in [4.78, 5) is 168. The average Bonchev–Trinajstić information content (AvgIpc) is 0.955. The van der Waals surface area contributed by atoms with Gasteiger partial charge in [-0.25, -0.2) is 33.9 Å². The van der Waals surface area contributed by atoms with Crippen LogP contribution < -0.4 is 21.5 Å². The number of aliphatic hydroxyl groups is 3. The molecule has 7 aliphatic rings. The molecule has 43 nitrogen and oxygen atoms in total. The van der Waals surface area contributed by atoms with Gasteiger partial charge >= 0.3 is 47.8 Å². The molecule has 2 atom stereocenters. The number of aldehydes is 3. The number of aliphatic imine (C=N–C) groups is 1. The highest BCUT2D eigenvalue weighted by Gasteiger charge is 2.43. The number of halogens is 1. The number of benzene rings is 5. The number of morpholine rings is 3. The van der Waals surface area contributed by atoms with Gasteiger partial charge in [0.25, 0.3) is 5.56 Å². The van der Waals surface area contributed by atoms with Gasteiger partial charge in [0.2, 0.25) is 17.8 Å². The normalized spacial score (nSPS) is 15.4. The lowest BCUT2D eigenvalue weighted by Gasteiger charge is -2.35.